The van der Waals surface area contributed by atoms with Gasteiger partial charge in [0.1, 0.15) is 6.54 Å². The van der Waals surface area contributed by atoms with E-state index in [1.54, 1.807) is 0 Å². The van der Waals surface area contributed by atoms with Crippen LogP contribution in [0.2, 0.25) is 0 Å². The summed E-state index contributed by atoms with van der Waals surface area (Å²) in [6, 6.07) is 0. The molecule has 124 valence electrons. The van der Waals surface area contributed by atoms with Gasteiger partial charge in [-0.2, -0.15) is 0 Å². The highest BCUT2D eigenvalue weighted by Crippen LogP contribution is 2.03. The van der Waals surface area contributed by atoms with Gasteiger partial charge >= 0.3 is 0 Å². The number of nitrogens with one attached hydrogen (secondary N) is 1. The van der Waals surface area contributed by atoms with Gasteiger partial charge in [-0.05, 0) is 6.42 Å². The molecular formula is C14H24N4O4. The summed E-state index contributed by atoms with van der Waals surface area (Å²) in [6.45, 7) is 4.23. The standard InChI is InChI=1S/C14H24N4O4/c1-2-4-18(11-13(20)15-22)14(21)12-17-8-6-16(7-9-17)5-3-10-19/h1,19,22H,3-12H2,(H,15,20). The van der Waals surface area contributed by atoms with Gasteiger partial charge in [0.25, 0.3) is 5.91 Å². The molecule has 1 rings (SSSR count). The van der Waals surface area contributed by atoms with Crippen molar-refractivity contribution in [3.8, 4) is 12.3 Å². The molecule has 0 saturated carbocycles. The van der Waals surface area contributed by atoms with E-state index in [2.05, 4.69) is 10.8 Å². The Labute approximate surface area is 130 Å². The second-order valence-corrected chi connectivity index (χ2v) is 5.18. The molecule has 0 aromatic carbocycles. The van der Waals surface area contributed by atoms with Crippen LogP contribution < -0.4 is 5.48 Å². The van der Waals surface area contributed by atoms with Crippen LogP contribution >= 0.6 is 0 Å². The summed E-state index contributed by atoms with van der Waals surface area (Å²) in [4.78, 5) is 28.9. The van der Waals surface area contributed by atoms with Crippen molar-refractivity contribution in [1.29, 1.82) is 0 Å². The Morgan fingerprint density at radius 1 is 1.23 bits per heavy atom. The molecule has 0 aliphatic carbocycles. The zero-order valence-electron chi connectivity index (χ0n) is 12.7. The summed E-state index contributed by atoms with van der Waals surface area (Å²) < 4.78 is 0. The quantitative estimate of drug-likeness (QED) is 0.271. The lowest BCUT2D eigenvalue weighted by Crippen LogP contribution is -2.51. The molecule has 1 heterocycles. The number of aliphatic hydroxyl groups is 1. The maximum atomic E-state index is 12.2. The molecule has 22 heavy (non-hydrogen) atoms. The highest BCUT2D eigenvalue weighted by molar-refractivity contribution is 5.85. The minimum atomic E-state index is -0.669. The van der Waals surface area contributed by atoms with Crippen LogP contribution in [-0.4, -0.2) is 95.8 Å². The summed E-state index contributed by atoms with van der Waals surface area (Å²) in [5.41, 5.74) is 1.50. The Hall–Kier alpha value is -1.66. The van der Waals surface area contributed by atoms with Crippen LogP contribution in [0.5, 0.6) is 0 Å². The second kappa shape index (κ2) is 10.1. The van der Waals surface area contributed by atoms with Crippen LogP contribution in [-0.2, 0) is 9.59 Å². The van der Waals surface area contributed by atoms with Gasteiger partial charge in [0, 0.05) is 39.3 Å². The van der Waals surface area contributed by atoms with Gasteiger partial charge in [0.05, 0.1) is 13.1 Å². The van der Waals surface area contributed by atoms with Crippen LogP contribution in [0, 0.1) is 12.3 Å². The first-order valence-corrected chi connectivity index (χ1v) is 7.30. The van der Waals surface area contributed by atoms with E-state index in [9.17, 15) is 9.59 Å². The van der Waals surface area contributed by atoms with E-state index < -0.39 is 5.91 Å². The Bertz CT molecular complexity index is 402. The predicted octanol–water partition coefficient (Wildman–Crippen LogP) is -2.05. The molecule has 8 nitrogen and oxygen atoms in total. The number of hydrogen-bond donors (Lipinski definition) is 3. The SMILES string of the molecule is C#CCN(CC(=O)NO)C(=O)CN1CCN(CCCO)CC1. The number of hydrogen-bond acceptors (Lipinski definition) is 6. The molecule has 0 atom stereocenters. The molecule has 0 radical (unpaired) electrons. The molecule has 0 aromatic rings. The summed E-state index contributed by atoms with van der Waals surface area (Å²) in [7, 11) is 0. The number of terminal acetylenes is 1. The molecule has 0 aromatic heterocycles. The lowest BCUT2D eigenvalue weighted by Gasteiger charge is -2.35. The van der Waals surface area contributed by atoms with Crippen molar-refractivity contribution in [3.05, 3.63) is 0 Å². The number of aliphatic hydroxyl groups excluding tert-OH is 1. The smallest absolute Gasteiger partial charge is 0.262 e. The monoisotopic (exact) mass is 312 g/mol. The van der Waals surface area contributed by atoms with E-state index in [-0.39, 0.29) is 32.1 Å². The lowest BCUT2D eigenvalue weighted by atomic mass is 10.3. The number of carbonyl (C=O) groups is 2. The topological polar surface area (TPSA) is 96.4 Å². The average molecular weight is 312 g/mol. The molecule has 8 heteroatoms. The van der Waals surface area contributed by atoms with Crippen molar-refractivity contribution in [1.82, 2.24) is 20.2 Å². The van der Waals surface area contributed by atoms with Crippen molar-refractivity contribution in [2.75, 3.05) is 59.0 Å². The molecule has 0 unspecified atom stereocenters. The zero-order valence-corrected chi connectivity index (χ0v) is 12.7. The third-order valence-electron chi connectivity index (χ3n) is 3.55. The maximum Gasteiger partial charge on any atom is 0.262 e. The van der Waals surface area contributed by atoms with E-state index in [0.29, 0.717) is 0 Å². The number of nitrogens with zero attached hydrogens (tertiary/aromatic N) is 3. The van der Waals surface area contributed by atoms with E-state index in [1.807, 2.05) is 4.90 Å². The average Bonchev–Trinajstić information content (AvgIpc) is 2.53. The van der Waals surface area contributed by atoms with Gasteiger partial charge in [-0.3, -0.25) is 19.7 Å². The minimum absolute atomic E-state index is 0.0305. The van der Waals surface area contributed by atoms with Gasteiger partial charge in [-0.15, -0.1) is 6.42 Å². The summed E-state index contributed by atoms with van der Waals surface area (Å²) in [5, 5.41) is 17.4. The third-order valence-corrected chi connectivity index (χ3v) is 3.55. The Kier molecular flexibility index (Phi) is 8.47. The van der Waals surface area contributed by atoms with Crippen molar-refractivity contribution in [2.45, 2.75) is 6.42 Å². The van der Waals surface area contributed by atoms with Crippen LogP contribution in [0.4, 0.5) is 0 Å². The molecule has 1 aliphatic heterocycles. The molecule has 3 N–H and O–H groups in total. The first kappa shape index (κ1) is 18.4. The zero-order chi connectivity index (χ0) is 16.4. The normalized spacial score (nSPS) is 16.0. The van der Waals surface area contributed by atoms with Crippen LogP contribution in [0.25, 0.3) is 0 Å². The fraction of sp³-hybridized carbons (Fsp3) is 0.714. The molecule has 0 bridgehead atoms. The molecule has 1 saturated heterocycles. The van der Waals surface area contributed by atoms with Gasteiger partial charge in [0.15, 0.2) is 0 Å². The number of hydroxylamine groups is 1. The Morgan fingerprint density at radius 2 is 1.86 bits per heavy atom. The minimum Gasteiger partial charge on any atom is -0.396 e. The molecule has 1 aliphatic rings. The van der Waals surface area contributed by atoms with E-state index >= 15 is 0 Å². The Balaban J connectivity index is 2.40. The second-order valence-electron chi connectivity index (χ2n) is 5.18. The largest absolute Gasteiger partial charge is 0.396 e. The highest BCUT2D eigenvalue weighted by Gasteiger charge is 2.22. The number of piperazine rings is 1. The van der Waals surface area contributed by atoms with E-state index in [4.69, 9.17) is 16.7 Å². The number of rotatable bonds is 8. The highest BCUT2D eigenvalue weighted by atomic mass is 16.5. The van der Waals surface area contributed by atoms with Gasteiger partial charge in [-0.25, -0.2) is 5.48 Å². The Morgan fingerprint density at radius 3 is 2.41 bits per heavy atom. The van der Waals surface area contributed by atoms with Crippen molar-refractivity contribution < 1.29 is 19.9 Å². The first-order chi connectivity index (χ1) is 10.6. The fourth-order valence-corrected chi connectivity index (χ4v) is 2.31. The summed E-state index contributed by atoms with van der Waals surface area (Å²) >= 11 is 0. The third kappa shape index (κ3) is 6.41. The van der Waals surface area contributed by atoms with Gasteiger partial charge < -0.3 is 14.9 Å². The number of carbonyl (C=O) groups excluding carboxylic acids is 2. The van der Waals surface area contributed by atoms with Crippen molar-refractivity contribution in [2.24, 2.45) is 0 Å². The van der Waals surface area contributed by atoms with E-state index in [1.165, 1.54) is 10.4 Å². The van der Waals surface area contributed by atoms with Crippen LogP contribution in [0.1, 0.15) is 6.42 Å². The molecule has 0 spiro atoms. The van der Waals surface area contributed by atoms with Crippen LogP contribution in [0.3, 0.4) is 0 Å². The van der Waals surface area contributed by atoms with Crippen LogP contribution in [0.15, 0.2) is 0 Å². The van der Waals surface area contributed by atoms with Gasteiger partial charge in [-0.1, -0.05) is 5.92 Å². The fourth-order valence-electron chi connectivity index (χ4n) is 2.31. The summed E-state index contributed by atoms with van der Waals surface area (Å²) in [6.07, 6.45) is 5.96. The van der Waals surface area contributed by atoms with E-state index in [0.717, 1.165) is 39.1 Å². The predicted molar refractivity (Wildman–Crippen MR) is 79.9 cm³/mol. The lowest BCUT2D eigenvalue weighted by molar-refractivity contribution is -0.139. The first-order valence-electron chi connectivity index (χ1n) is 7.30. The molecule has 1 fully saturated rings. The molecular weight excluding hydrogens is 288 g/mol. The number of amides is 2. The van der Waals surface area contributed by atoms with Crippen molar-refractivity contribution in [3.63, 3.8) is 0 Å². The summed E-state index contributed by atoms with van der Waals surface area (Å²) in [5.74, 6) is 1.44. The maximum absolute atomic E-state index is 12.2. The van der Waals surface area contributed by atoms with Gasteiger partial charge in [0.2, 0.25) is 5.91 Å². The molecule has 2 amide bonds. The van der Waals surface area contributed by atoms with Crippen molar-refractivity contribution >= 4 is 11.8 Å².